The number of hydrogen-bond donors (Lipinski definition) is 1. The van der Waals surface area contributed by atoms with Crippen LogP contribution in [0.1, 0.15) is 57.2 Å². The van der Waals surface area contributed by atoms with Gasteiger partial charge in [0.15, 0.2) is 0 Å². The molecule has 2 fully saturated rings. The monoisotopic (exact) mass is 306 g/mol. The van der Waals surface area contributed by atoms with E-state index in [2.05, 4.69) is 41.6 Å². The van der Waals surface area contributed by atoms with Gasteiger partial charge in [0, 0.05) is 28.9 Å². The Kier molecular flexibility index (Phi) is 4.72. The number of rotatable bonds is 3. The zero-order valence-electron chi connectivity index (χ0n) is 13.7. The summed E-state index contributed by atoms with van der Waals surface area (Å²) in [5, 5.41) is 6.12. The molecule has 1 saturated carbocycles. The van der Waals surface area contributed by atoms with E-state index < -0.39 is 0 Å². The molecule has 3 rings (SSSR count). The van der Waals surface area contributed by atoms with E-state index in [1.165, 1.54) is 69.6 Å². The minimum atomic E-state index is 0.272. The van der Waals surface area contributed by atoms with E-state index in [0.29, 0.717) is 5.54 Å². The maximum atomic E-state index is 3.91. The highest BCUT2D eigenvalue weighted by molar-refractivity contribution is 7.10. The van der Waals surface area contributed by atoms with Crippen LogP contribution in [-0.2, 0) is 5.41 Å². The Labute approximate surface area is 133 Å². The van der Waals surface area contributed by atoms with Crippen molar-refractivity contribution in [3.05, 3.63) is 22.4 Å². The average molecular weight is 307 g/mol. The molecule has 1 aliphatic heterocycles. The average Bonchev–Trinajstić information content (AvgIpc) is 2.93. The molecule has 118 valence electrons. The van der Waals surface area contributed by atoms with Gasteiger partial charge in [0.25, 0.3) is 0 Å². The van der Waals surface area contributed by atoms with Crippen molar-refractivity contribution in [2.75, 3.05) is 26.2 Å². The lowest BCUT2D eigenvalue weighted by Crippen LogP contribution is -2.53. The van der Waals surface area contributed by atoms with E-state index in [4.69, 9.17) is 0 Å². The largest absolute Gasteiger partial charge is 0.310 e. The summed E-state index contributed by atoms with van der Waals surface area (Å²) in [6.45, 7) is 9.72. The number of thiophene rings is 1. The maximum absolute atomic E-state index is 3.91. The fraction of sp³-hybridized carbons (Fsp3) is 0.778. The second-order valence-electron chi connectivity index (χ2n) is 7.69. The third kappa shape index (κ3) is 3.69. The van der Waals surface area contributed by atoms with Gasteiger partial charge in [-0.25, -0.2) is 0 Å². The molecule has 2 heterocycles. The van der Waals surface area contributed by atoms with Gasteiger partial charge < -0.3 is 10.2 Å². The Morgan fingerprint density at radius 2 is 2.05 bits per heavy atom. The zero-order valence-corrected chi connectivity index (χ0v) is 14.5. The third-order valence-electron chi connectivity index (χ3n) is 5.30. The van der Waals surface area contributed by atoms with Crippen LogP contribution in [0.2, 0.25) is 0 Å². The lowest BCUT2D eigenvalue weighted by molar-refractivity contribution is 0.146. The molecule has 0 atom stereocenters. The second kappa shape index (κ2) is 6.39. The fourth-order valence-electron chi connectivity index (χ4n) is 4.22. The van der Waals surface area contributed by atoms with E-state index in [1.807, 2.05) is 11.3 Å². The second-order valence-corrected chi connectivity index (χ2v) is 8.64. The van der Waals surface area contributed by atoms with Crippen LogP contribution in [0.3, 0.4) is 0 Å². The van der Waals surface area contributed by atoms with Crippen LogP contribution in [0, 0.1) is 0 Å². The SMILES string of the molecule is CC(C)(CN1CCCNC2(CCCCC2)C1)c1cccs1. The molecule has 0 amide bonds. The molecule has 0 unspecified atom stereocenters. The summed E-state index contributed by atoms with van der Waals surface area (Å²) in [4.78, 5) is 4.27. The summed E-state index contributed by atoms with van der Waals surface area (Å²) in [6, 6.07) is 4.49. The van der Waals surface area contributed by atoms with Gasteiger partial charge in [-0.05, 0) is 43.8 Å². The van der Waals surface area contributed by atoms with Crippen LogP contribution in [0.15, 0.2) is 17.5 Å². The van der Waals surface area contributed by atoms with Crippen molar-refractivity contribution in [2.24, 2.45) is 0 Å². The van der Waals surface area contributed by atoms with E-state index in [1.54, 1.807) is 0 Å². The first-order valence-corrected chi connectivity index (χ1v) is 9.49. The minimum absolute atomic E-state index is 0.272. The highest BCUT2D eigenvalue weighted by atomic mass is 32.1. The van der Waals surface area contributed by atoms with Crippen LogP contribution >= 0.6 is 11.3 Å². The van der Waals surface area contributed by atoms with Gasteiger partial charge in [0.2, 0.25) is 0 Å². The molecule has 1 saturated heterocycles. The molecule has 1 aromatic rings. The van der Waals surface area contributed by atoms with E-state index >= 15 is 0 Å². The summed E-state index contributed by atoms with van der Waals surface area (Å²) in [5.41, 5.74) is 0.689. The van der Waals surface area contributed by atoms with E-state index in [0.717, 1.165) is 0 Å². The van der Waals surface area contributed by atoms with Gasteiger partial charge in [-0.15, -0.1) is 11.3 Å². The molecule has 1 spiro atoms. The molecule has 2 aliphatic rings. The topological polar surface area (TPSA) is 15.3 Å². The molecule has 2 nitrogen and oxygen atoms in total. The van der Waals surface area contributed by atoms with Gasteiger partial charge in [-0.3, -0.25) is 0 Å². The van der Waals surface area contributed by atoms with Crippen LogP contribution in [0.25, 0.3) is 0 Å². The Morgan fingerprint density at radius 3 is 2.76 bits per heavy atom. The first-order valence-electron chi connectivity index (χ1n) is 8.61. The van der Waals surface area contributed by atoms with Crippen LogP contribution in [0.4, 0.5) is 0 Å². The lowest BCUT2D eigenvalue weighted by atomic mass is 9.81. The normalized spacial score (nSPS) is 24.1. The quantitative estimate of drug-likeness (QED) is 0.907. The Hall–Kier alpha value is -0.380. The van der Waals surface area contributed by atoms with Gasteiger partial charge in [-0.1, -0.05) is 39.2 Å². The molecule has 1 aromatic heterocycles. The molecule has 21 heavy (non-hydrogen) atoms. The molecule has 1 aliphatic carbocycles. The maximum Gasteiger partial charge on any atom is 0.0308 e. The molecular weight excluding hydrogens is 276 g/mol. The summed E-state index contributed by atoms with van der Waals surface area (Å²) in [7, 11) is 0. The first-order chi connectivity index (χ1) is 10.1. The van der Waals surface area contributed by atoms with E-state index in [-0.39, 0.29) is 5.41 Å². The summed E-state index contributed by atoms with van der Waals surface area (Å²) >= 11 is 1.91. The molecule has 3 heteroatoms. The van der Waals surface area contributed by atoms with Crippen LogP contribution < -0.4 is 5.32 Å². The highest BCUT2D eigenvalue weighted by Crippen LogP contribution is 2.33. The number of nitrogens with one attached hydrogen (secondary N) is 1. The Balaban J connectivity index is 1.69. The van der Waals surface area contributed by atoms with Crippen LogP contribution in [-0.4, -0.2) is 36.6 Å². The smallest absolute Gasteiger partial charge is 0.0308 e. The molecule has 0 aromatic carbocycles. The molecule has 0 radical (unpaired) electrons. The Morgan fingerprint density at radius 1 is 1.24 bits per heavy atom. The van der Waals surface area contributed by atoms with Crippen molar-refractivity contribution in [1.29, 1.82) is 0 Å². The minimum Gasteiger partial charge on any atom is -0.310 e. The van der Waals surface area contributed by atoms with Gasteiger partial charge in [0.05, 0.1) is 0 Å². The van der Waals surface area contributed by atoms with Gasteiger partial charge >= 0.3 is 0 Å². The fourth-order valence-corrected chi connectivity index (χ4v) is 5.06. The van der Waals surface area contributed by atoms with Crippen molar-refractivity contribution >= 4 is 11.3 Å². The Bertz CT molecular complexity index is 432. The molecular formula is C18H30N2S. The third-order valence-corrected chi connectivity index (χ3v) is 6.53. The number of nitrogens with zero attached hydrogens (tertiary/aromatic N) is 1. The summed E-state index contributed by atoms with van der Waals surface area (Å²) in [6.07, 6.45) is 8.31. The number of hydrogen-bond acceptors (Lipinski definition) is 3. The van der Waals surface area contributed by atoms with Crippen molar-refractivity contribution in [1.82, 2.24) is 10.2 Å². The summed E-state index contributed by atoms with van der Waals surface area (Å²) in [5.74, 6) is 0. The predicted molar refractivity (Wildman–Crippen MR) is 92.2 cm³/mol. The predicted octanol–water partition coefficient (Wildman–Crippen LogP) is 4.02. The highest BCUT2D eigenvalue weighted by Gasteiger charge is 2.36. The summed E-state index contributed by atoms with van der Waals surface area (Å²) < 4.78 is 0. The van der Waals surface area contributed by atoms with Crippen molar-refractivity contribution in [3.8, 4) is 0 Å². The van der Waals surface area contributed by atoms with E-state index in [9.17, 15) is 0 Å². The molecule has 1 N–H and O–H groups in total. The van der Waals surface area contributed by atoms with Crippen molar-refractivity contribution in [2.45, 2.75) is 63.3 Å². The van der Waals surface area contributed by atoms with Crippen LogP contribution in [0.5, 0.6) is 0 Å². The first kappa shape index (κ1) is 15.5. The van der Waals surface area contributed by atoms with Gasteiger partial charge in [0.1, 0.15) is 0 Å². The standard InChI is InChI=1S/C18H30N2S/c1-17(2,16-8-6-13-21-16)14-20-12-7-11-19-18(15-20)9-4-3-5-10-18/h6,8,13,19H,3-5,7,9-12,14-15H2,1-2H3. The molecule has 0 bridgehead atoms. The van der Waals surface area contributed by atoms with Crippen molar-refractivity contribution < 1.29 is 0 Å². The lowest BCUT2D eigenvalue weighted by Gasteiger charge is -2.41. The van der Waals surface area contributed by atoms with Gasteiger partial charge in [-0.2, -0.15) is 0 Å². The van der Waals surface area contributed by atoms with Crippen molar-refractivity contribution in [3.63, 3.8) is 0 Å². The zero-order chi connectivity index (χ0) is 14.8.